The van der Waals surface area contributed by atoms with Crippen molar-refractivity contribution in [3.05, 3.63) is 101 Å². The van der Waals surface area contributed by atoms with E-state index in [9.17, 15) is 13.6 Å². The van der Waals surface area contributed by atoms with Crippen LogP contribution in [0.3, 0.4) is 0 Å². The summed E-state index contributed by atoms with van der Waals surface area (Å²) in [7, 11) is 1.40. The normalized spacial score (nSPS) is 10.8. The van der Waals surface area contributed by atoms with E-state index < -0.39 is 17.6 Å². The first-order valence-corrected chi connectivity index (χ1v) is 11.1. The van der Waals surface area contributed by atoms with Crippen molar-refractivity contribution >= 4 is 5.97 Å². The highest BCUT2D eigenvalue weighted by Crippen LogP contribution is 2.35. The van der Waals surface area contributed by atoms with Gasteiger partial charge in [-0.25, -0.2) is 13.6 Å². The van der Waals surface area contributed by atoms with Gasteiger partial charge in [-0.15, -0.1) is 0 Å². The molecule has 0 radical (unpaired) electrons. The summed E-state index contributed by atoms with van der Waals surface area (Å²) in [6.07, 6.45) is 0. The first-order chi connectivity index (χ1) is 16.9. The third-order valence-corrected chi connectivity index (χ3v) is 5.52. The van der Waals surface area contributed by atoms with Crippen LogP contribution >= 0.6 is 0 Å². The van der Waals surface area contributed by atoms with Crippen LogP contribution < -0.4 is 9.47 Å². The van der Waals surface area contributed by atoms with Gasteiger partial charge in [0.05, 0.1) is 25.0 Å². The molecule has 0 unspecified atom stereocenters. The van der Waals surface area contributed by atoms with E-state index in [1.807, 2.05) is 29.7 Å². The average Bonchev–Trinajstić information content (AvgIpc) is 3.24. The maximum atomic E-state index is 14.3. The molecule has 7 heteroatoms. The van der Waals surface area contributed by atoms with Gasteiger partial charge in [-0.1, -0.05) is 12.1 Å². The lowest BCUT2D eigenvalue weighted by atomic mass is 10.1. The molecule has 4 aromatic rings. The number of esters is 1. The maximum absolute atomic E-state index is 14.3. The average molecular weight is 478 g/mol. The van der Waals surface area contributed by atoms with Gasteiger partial charge in [-0.05, 0) is 80.1 Å². The van der Waals surface area contributed by atoms with Crippen molar-refractivity contribution < 1.29 is 27.8 Å². The molecule has 4 rings (SSSR count). The van der Waals surface area contributed by atoms with E-state index >= 15 is 0 Å². The molecule has 0 amide bonds. The van der Waals surface area contributed by atoms with Crippen LogP contribution in [-0.4, -0.2) is 24.3 Å². The number of aromatic nitrogens is 1. The molecule has 0 aliphatic rings. The summed E-state index contributed by atoms with van der Waals surface area (Å²) in [4.78, 5) is 12.3. The molecule has 0 saturated carbocycles. The number of carbonyl (C=O) groups is 1. The summed E-state index contributed by atoms with van der Waals surface area (Å²) in [5, 5.41) is 0. The minimum atomic E-state index is -0.487. The van der Waals surface area contributed by atoms with Gasteiger partial charge in [0, 0.05) is 16.9 Å². The van der Waals surface area contributed by atoms with Crippen LogP contribution in [0, 0.1) is 18.6 Å². The zero-order chi connectivity index (χ0) is 24.9. The predicted molar refractivity (Wildman–Crippen MR) is 129 cm³/mol. The molecule has 0 N–H and O–H groups in total. The lowest BCUT2D eigenvalue weighted by Crippen LogP contribution is -2.07. The fourth-order valence-electron chi connectivity index (χ4n) is 3.87. The van der Waals surface area contributed by atoms with Crippen molar-refractivity contribution in [3.63, 3.8) is 0 Å². The number of aryl methyl sites for hydroxylation is 1. The molecule has 0 bridgehead atoms. The summed E-state index contributed by atoms with van der Waals surface area (Å²) in [6, 6.07) is 19.6. The predicted octanol–water partition coefficient (Wildman–Crippen LogP) is 6.50. The Morgan fingerprint density at radius 2 is 1.74 bits per heavy atom. The number of hydrogen-bond acceptors (Lipinski definition) is 4. The molecule has 0 aliphatic heterocycles. The third-order valence-electron chi connectivity index (χ3n) is 5.52. The standard InChI is InChI=1S/C28H25F2NO4/c1-4-34-28(32)20-6-5-7-22(15-20)31-18(2)8-11-25(31)23-16-21(29)10-13-26(23)35-17-19-9-12-27(33-3)24(30)14-19/h5-16H,4,17H2,1-3H3. The summed E-state index contributed by atoms with van der Waals surface area (Å²) < 4.78 is 46.4. The number of nitrogens with zero attached hydrogens (tertiary/aromatic N) is 1. The van der Waals surface area contributed by atoms with Crippen LogP contribution in [0.1, 0.15) is 28.5 Å². The molecule has 1 heterocycles. The number of carbonyl (C=O) groups excluding carboxylic acids is 1. The molecule has 0 saturated heterocycles. The summed E-state index contributed by atoms with van der Waals surface area (Å²) in [5.41, 5.74) is 3.83. The maximum Gasteiger partial charge on any atom is 0.338 e. The second-order valence-corrected chi connectivity index (χ2v) is 7.86. The Labute approximate surface area is 202 Å². The van der Waals surface area contributed by atoms with E-state index in [4.69, 9.17) is 14.2 Å². The lowest BCUT2D eigenvalue weighted by Gasteiger charge is -2.17. The van der Waals surface area contributed by atoms with Crippen molar-refractivity contribution in [2.75, 3.05) is 13.7 Å². The van der Waals surface area contributed by atoms with Crippen molar-refractivity contribution in [2.24, 2.45) is 0 Å². The van der Waals surface area contributed by atoms with Crippen molar-refractivity contribution in [2.45, 2.75) is 20.5 Å². The van der Waals surface area contributed by atoms with E-state index in [1.54, 1.807) is 37.3 Å². The molecule has 0 atom stereocenters. The van der Waals surface area contributed by atoms with Crippen molar-refractivity contribution in [1.82, 2.24) is 4.57 Å². The largest absolute Gasteiger partial charge is 0.494 e. The quantitative estimate of drug-likeness (QED) is 0.272. The van der Waals surface area contributed by atoms with E-state index in [-0.39, 0.29) is 19.0 Å². The molecule has 0 aliphatic carbocycles. The number of halogens is 2. The Kier molecular flexibility index (Phi) is 7.15. The Bertz CT molecular complexity index is 1360. The van der Waals surface area contributed by atoms with E-state index in [0.717, 1.165) is 11.4 Å². The summed E-state index contributed by atoms with van der Waals surface area (Å²) in [6.45, 7) is 4.03. The Balaban J connectivity index is 1.71. The smallest absolute Gasteiger partial charge is 0.338 e. The minimum absolute atomic E-state index is 0.0809. The first-order valence-electron chi connectivity index (χ1n) is 11.1. The number of benzene rings is 3. The lowest BCUT2D eigenvalue weighted by molar-refractivity contribution is 0.0526. The first kappa shape index (κ1) is 24.0. The highest BCUT2D eigenvalue weighted by molar-refractivity contribution is 5.90. The van der Waals surface area contributed by atoms with Gasteiger partial charge in [-0.3, -0.25) is 0 Å². The zero-order valence-corrected chi connectivity index (χ0v) is 19.7. The fraction of sp³-hybridized carbons (Fsp3) is 0.179. The molecular formula is C28H25F2NO4. The van der Waals surface area contributed by atoms with E-state index in [2.05, 4.69) is 0 Å². The number of hydrogen-bond donors (Lipinski definition) is 0. The van der Waals surface area contributed by atoms with Crippen LogP contribution in [0.15, 0.2) is 72.8 Å². The highest BCUT2D eigenvalue weighted by Gasteiger charge is 2.17. The fourth-order valence-corrected chi connectivity index (χ4v) is 3.87. The highest BCUT2D eigenvalue weighted by atomic mass is 19.1. The molecule has 0 spiro atoms. The van der Waals surface area contributed by atoms with Gasteiger partial charge in [0.15, 0.2) is 11.6 Å². The zero-order valence-electron chi connectivity index (χ0n) is 19.7. The van der Waals surface area contributed by atoms with E-state index in [1.165, 1.54) is 31.4 Å². The monoisotopic (exact) mass is 477 g/mol. The Hall–Kier alpha value is -4.13. The number of ether oxygens (including phenoxy) is 3. The second-order valence-electron chi connectivity index (χ2n) is 7.86. The van der Waals surface area contributed by atoms with Crippen molar-refractivity contribution in [1.29, 1.82) is 0 Å². The summed E-state index contributed by atoms with van der Waals surface area (Å²) in [5.74, 6) is -0.743. The van der Waals surface area contributed by atoms with Gasteiger partial charge in [0.1, 0.15) is 18.2 Å². The number of methoxy groups -OCH3 is 1. The molecule has 0 fully saturated rings. The van der Waals surface area contributed by atoms with Gasteiger partial charge in [-0.2, -0.15) is 0 Å². The van der Waals surface area contributed by atoms with Gasteiger partial charge < -0.3 is 18.8 Å². The summed E-state index contributed by atoms with van der Waals surface area (Å²) >= 11 is 0. The molecule has 35 heavy (non-hydrogen) atoms. The molecule has 5 nitrogen and oxygen atoms in total. The second kappa shape index (κ2) is 10.4. The van der Waals surface area contributed by atoms with E-state index in [0.29, 0.717) is 28.1 Å². The molecular weight excluding hydrogens is 452 g/mol. The Morgan fingerprint density at radius 3 is 2.49 bits per heavy atom. The van der Waals surface area contributed by atoms with Crippen molar-refractivity contribution in [3.8, 4) is 28.4 Å². The minimum Gasteiger partial charge on any atom is -0.494 e. The Morgan fingerprint density at radius 1 is 0.943 bits per heavy atom. The molecule has 180 valence electrons. The molecule has 3 aromatic carbocycles. The molecule has 1 aromatic heterocycles. The van der Waals surface area contributed by atoms with Gasteiger partial charge >= 0.3 is 5.97 Å². The van der Waals surface area contributed by atoms with Crippen LogP contribution in [0.25, 0.3) is 16.9 Å². The topological polar surface area (TPSA) is 49.7 Å². The van der Waals surface area contributed by atoms with Crippen LogP contribution in [0.4, 0.5) is 8.78 Å². The van der Waals surface area contributed by atoms with Crippen LogP contribution in [0.2, 0.25) is 0 Å². The van der Waals surface area contributed by atoms with Gasteiger partial charge in [0.2, 0.25) is 0 Å². The third kappa shape index (κ3) is 5.19. The van der Waals surface area contributed by atoms with Crippen LogP contribution in [-0.2, 0) is 11.3 Å². The van der Waals surface area contributed by atoms with Crippen LogP contribution in [0.5, 0.6) is 11.5 Å². The van der Waals surface area contributed by atoms with Gasteiger partial charge in [0.25, 0.3) is 0 Å². The number of rotatable bonds is 8. The SMILES string of the molecule is CCOC(=O)c1cccc(-n2c(C)ccc2-c2cc(F)ccc2OCc2ccc(OC)c(F)c2)c1.